The van der Waals surface area contributed by atoms with E-state index < -0.39 is 49.7 Å². The number of esters is 1. The zero-order chi connectivity index (χ0) is 29.6. The van der Waals surface area contributed by atoms with Crippen LogP contribution in [0.2, 0.25) is 0 Å². The molecule has 0 spiro atoms. The molecular weight excluding hydrogens is 564 g/mol. The highest BCUT2D eigenvalue weighted by molar-refractivity contribution is 7.99. The topological polar surface area (TPSA) is 70.8 Å². The molecule has 3 rings (SSSR count). The summed E-state index contributed by atoms with van der Waals surface area (Å²) in [5.41, 5.74) is 3.17. The fourth-order valence-electron chi connectivity index (χ4n) is 3.56. The normalized spacial score (nSPS) is 12.6. The quantitative estimate of drug-likeness (QED) is 0.0583. The third kappa shape index (κ3) is 9.00. The first kappa shape index (κ1) is 31.5. The van der Waals surface area contributed by atoms with Crippen molar-refractivity contribution >= 4 is 28.7 Å². The molecule has 40 heavy (non-hydrogen) atoms. The minimum Gasteiger partial charge on any atom is -0.462 e. The zero-order valence-electron chi connectivity index (χ0n) is 21.7. The van der Waals surface area contributed by atoms with Crippen molar-refractivity contribution < 1.29 is 49.8 Å². The van der Waals surface area contributed by atoms with Crippen LogP contribution in [0.4, 0.5) is 26.3 Å². The Morgan fingerprint density at radius 3 is 2.35 bits per heavy atom. The molecule has 0 aliphatic carbocycles. The molecule has 0 bridgehead atoms. The third-order valence-electron chi connectivity index (χ3n) is 5.49. The summed E-state index contributed by atoms with van der Waals surface area (Å²) in [6.07, 6.45) is -15.0. The largest absolute Gasteiger partial charge is 0.494 e. The Hall–Kier alpha value is -3.03. The summed E-state index contributed by atoms with van der Waals surface area (Å²) in [4.78, 5) is 16.0. The van der Waals surface area contributed by atoms with Gasteiger partial charge < -0.3 is 9.15 Å². The fraction of sp³-hybridized carbons (Fsp3) is 0.407. The van der Waals surface area contributed by atoms with Crippen molar-refractivity contribution in [1.82, 2.24) is 4.98 Å². The molecule has 0 amide bonds. The van der Waals surface area contributed by atoms with Crippen molar-refractivity contribution in [2.24, 2.45) is 0 Å². The Kier molecular flexibility index (Phi) is 10.3. The van der Waals surface area contributed by atoms with Gasteiger partial charge in [0.15, 0.2) is 0 Å². The third-order valence-corrected chi connectivity index (χ3v) is 6.48. The lowest BCUT2D eigenvalue weighted by atomic mass is 10.1. The molecular formula is C27H27F6NO5S. The van der Waals surface area contributed by atoms with Crippen molar-refractivity contribution in [3.8, 4) is 11.3 Å². The van der Waals surface area contributed by atoms with Gasteiger partial charge >= 0.3 is 24.5 Å². The van der Waals surface area contributed by atoms with Crippen molar-refractivity contribution in [3.63, 3.8) is 0 Å². The van der Waals surface area contributed by atoms with Gasteiger partial charge in [-0.15, -0.1) is 20.5 Å². The van der Waals surface area contributed by atoms with Crippen LogP contribution >= 0.6 is 11.8 Å². The predicted molar refractivity (Wildman–Crippen MR) is 136 cm³/mol. The van der Waals surface area contributed by atoms with E-state index in [0.717, 1.165) is 40.5 Å². The molecule has 0 aliphatic heterocycles. The Morgan fingerprint density at radius 2 is 1.70 bits per heavy atom. The number of hydrogen-bond donors (Lipinski definition) is 0. The molecule has 218 valence electrons. The predicted octanol–water partition coefficient (Wildman–Crippen LogP) is 7.99. The molecule has 2 aromatic heterocycles. The van der Waals surface area contributed by atoms with E-state index in [0.29, 0.717) is 28.7 Å². The summed E-state index contributed by atoms with van der Waals surface area (Å²) in [7, 11) is 0. The molecule has 6 nitrogen and oxygen atoms in total. The molecule has 0 atom stereocenters. The minimum atomic E-state index is -5.31. The monoisotopic (exact) mass is 591 g/mol. The van der Waals surface area contributed by atoms with Crippen LogP contribution in [-0.4, -0.2) is 41.8 Å². The molecule has 0 radical (unpaired) electrons. The van der Waals surface area contributed by atoms with Crippen LogP contribution in [0.3, 0.4) is 0 Å². The number of nitrogens with zero attached hydrogens (tertiary/aromatic N) is 1. The van der Waals surface area contributed by atoms with Gasteiger partial charge in [0.2, 0.25) is 0 Å². The molecule has 0 unspecified atom stereocenters. The van der Waals surface area contributed by atoms with Crippen LogP contribution in [0.5, 0.6) is 0 Å². The van der Waals surface area contributed by atoms with Crippen molar-refractivity contribution in [3.05, 3.63) is 60.4 Å². The standard InChI is InChI=1S/C27H27F6NO5S/c1-4-18-8-10-20(21(5-2)34-18)23-15-17-7-9-19(16-22(17)37-23)40-14-12-26(30,31)39-27(32,33)38-25(28,29)11-13-36-24(35)6-3/h6-10,15-16H,3-5,11-14H2,1-2H3. The number of rotatable bonds is 15. The van der Waals surface area contributed by atoms with E-state index in [1.807, 2.05) is 32.0 Å². The van der Waals surface area contributed by atoms with Gasteiger partial charge in [-0.2, -0.15) is 17.6 Å². The van der Waals surface area contributed by atoms with Crippen LogP contribution in [0.15, 0.2) is 58.4 Å². The number of furan rings is 1. The van der Waals surface area contributed by atoms with E-state index in [4.69, 9.17) is 4.42 Å². The maximum Gasteiger partial charge on any atom is 0.494 e. The van der Waals surface area contributed by atoms with Gasteiger partial charge in [-0.05, 0) is 49.2 Å². The summed E-state index contributed by atoms with van der Waals surface area (Å²) >= 11 is 0.912. The van der Waals surface area contributed by atoms with Gasteiger partial charge in [0.05, 0.1) is 18.7 Å². The highest BCUT2D eigenvalue weighted by Gasteiger charge is 2.51. The maximum absolute atomic E-state index is 14.0. The lowest BCUT2D eigenvalue weighted by molar-refractivity contribution is -0.514. The first-order chi connectivity index (χ1) is 18.8. The Morgan fingerprint density at radius 1 is 1.00 bits per heavy atom. The smallest absolute Gasteiger partial charge is 0.462 e. The summed E-state index contributed by atoms with van der Waals surface area (Å²) in [6.45, 7) is 6.02. The number of aromatic nitrogens is 1. The Balaban J connectivity index is 1.58. The first-order valence-corrected chi connectivity index (χ1v) is 13.2. The van der Waals surface area contributed by atoms with E-state index in [-0.39, 0.29) is 0 Å². The number of hydrogen-bond acceptors (Lipinski definition) is 7. The van der Waals surface area contributed by atoms with Crippen molar-refractivity contribution in [2.75, 3.05) is 12.4 Å². The second-order valence-corrected chi connectivity index (χ2v) is 9.64. The van der Waals surface area contributed by atoms with Gasteiger partial charge in [-0.1, -0.05) is 20.4 Å². The van der Waals surface area contributed by atoms with E-state index in [1.54, 1.807) is 18.2 Å². The molecule has 3 aromatic rings. The molecule has 0 fully saturated rings. The first-order valence-electron chi connectivity index (χ1n) is 12.2. The molecule has 0 N–H and O–H groups in total. The number of halogens is 6. The number of aryl methyl sites for hydroxylation is 2. The average Bonchev–Trinajstić information content (AvgIpc) is 3.29. The van der Waals surface area contributed by atoms with Crippen molar-refractivity contribution in [1.29, 1.82) is 0 Å². The van der Waals surface area contributed by atoms with E-state index in [2.05, 4.69) is 25.8 Å². The number of fused-ring (bicyclic) bond motifs is 1. The van der Waals surface area contributed by atoms with Gasteiger partial charge in [-0.3, -0.25) is 4.98 Å². The zero-order valence-corrected chi connectivity index (χ0v) is 22.5. The highest BCUT2D eigenvalue weighted by atomic mass is 32.2. The van der Waals surface area contributed by atoms with Gasteiger partial charge in [-0.25, -0.2) is 14.3 Å². The Labute approximate surface area is 230 Å². The number of carbonyl (C=O) groups excluding carboxylic acids is 1. The van der Waals surface area contributed by atoms with E-state index in [9.17, 15) is 31.1 Å². The van der Waals surface area contributed by atoms with Crippen LogP contribution in [0.1, 0.15) is 38.1 Å². The summed E-state index contributed by atoms with van der Waals surface area (Å²) in [5, 5.41) is 0.770. The summed E-state index contributed by atoms with van der Waals surface area (Å²) in [6, 6.07) is 10.7. The maximum atomic E-state index is 14.0. The second-order valence-electron chi connectivity index (χ2n) is 8.48. The second kappa shape index (κ2) is 13.1. The number of benzene rings is 1. The summed E-state index contributed by atoms with van der Waals surface area (Å²) in [5.74, 6) is -0.862. The highest BCUT2D eigenvalue weighted by Crippen LogP contribution is 2.38. The lowest BCUT2D eigenvalue weighted by Gasteiger charge is -2.26. The molecule has 0 aliphatic rings. The lowest BCUT2D eigenvalue weighted by Crippen LogP contribution is -2.41. The van der Waals surface area contributed by atoms with E-state index >= 15 is 0 Å². The molecule has 1 aromatic carbocycles. The van der Waals surface area contributed by atoms with E-state index in [1.165, 1.54) is 0 Å². The van der Waals surface area contributed by atoms with Crippen LogP contribution in [0.25, 0.3) is 22.3 Å². The number of ether oxygens (including phenoxy) is 3. The SMILES string of the molecule is C=CC(=O)OCCC(F)(F)OC(F)(F)OC(F)(F)CCSc1ccc2cc(-c3ccc(CC)nc3CC)oc2c1. The molecule has 2 heterocycles. The van der Waals surface area contributed by atoms with Crippen LogP contribution < -0.4 is 0 Å². The Bertz CT molecular complexity index is 1330. The molecule has 0 saturated heterocycles. The number of alkyl halides is 6. The van der Waals surface area contributed by atoms with Crippen LogP contribution in [-0.2, 0) is 31.8 Å². The number of thioether (sulfide) groups is 1. The van der Waals surface area contributed by atoms with Gasteiger partial charge in [0.25, 0.3) is 0 Å². The van der Waals surface area contributed by atoms with Crippen molar-refractivity contribution in [2.45, 2.75) is 62.9 Å². The fourth-order valence-corrected chi connectivity index (χ4v) is 4.49. The average molecular weight is 592 g/mol. The number of carbonyl (C=O) groups is 1. The van der Waals surface area contributed by atoms with Gasteiger partial charge in [0, 0.05) is 39.8 Å². The molecule has 13 heteroatoms. The molecule has 0 saturated carbocycles. The number of pyridine rings is 1. The van der Waals surface area contributed by atoms with Gasteiger partial charge in [0.1, 0.15) is 11.3 Å². The van der Waals surface area contributed by atoms with Crippen LogP contribution in [0, 0.1) is 0 Å². The summed E-state index contributed by atoms with van der Waals surface area (Å²) < 4.78 is 99.2. The minimum absolute atomic E-state index is 0.390.